The number of anilines is 2. The molecule has 5 nitrogen and oxygen atoms in total. The Morgan fingerprint density at radius 1 is 1.31 bits per heavy atom. The quantitative estimate of drug-likeness (QED) is 0.797. The van der Waals surface area contributed by atoms with E-state index in [1.165, 1.54) is 0 Å². The Labute approximate surface area is 96.3 Å². The second kappa shape index (κ2) is 4.25. The van der Waals surface area contributed by atoms with E-state index in [-0.39, 0.29) is 12.1 Å². The first kappa shape index (κ1) is 12.7. The van der Waals surface area contributed by atoms with Gasteiger partial charge in [0, 0.05) is 12.6 Å². The van der Waals surface area contributed by atoms with Gasteiger partial charge in [0.05, 0.1) is 12.1 Å². The summed E-state index contributed by atoms with van der Waals surface area (Å²) in [7, 11) is 1.89. The van der Waals surface area contributed by atoms with Crippen LogP contribution in [0.15, 0.2) is 0 Å². The molecule has 0 atom stereocenters. The van der Waals surface area contributed by atoms with Gasteiger partial charge in [-0.15, -0.1) is 0 Å². The first-order valence-corrected chi connectivity index (χ1v) is 5.25. The van der Waals surface area contributed by atoms with Crippen molar-refractivity contribution in [3.8, 4) is 0 Å². The highest BCUT2D eigenvalue weighted by Gasteiger charge is 2.25. The summed E-state index contributed by atoms with van der Waals surface area (Å²) >= 11 is 0. The maximum absolute atomic E-state index is 9.34. The second-order valence-electron chi connectivity index (χ2n) is 4.63. The molecule has 1 aromatic heterocycles. The van der Waals surface area contributed by atoms with Crippen LogP contribution >= 0.6 is 0 Å². The maximum Gasteiger partial charge on any atom is 0.137 e. The third-order valence-electron chi connectivity index (χ3n) is 2.88. The molecule has 90 valence electrons. The minimum Gasteiger partial charge on any atom is -0.394 e. The largest absolute Gasteiger partial charge is 0.394 e. The third kappa shape index (κ3) is 2.24. The molecule has 1 heterocycles. The molecule has 0 saturated carbocycles. The topological polar surface area (TPSA) is 75.3 Å². The molecule has 0 bridgehead atoms. The van der Waals surface area contributed by atoms with Crippen molar-refractivity contribution in [2.45, 2.75) is 33.2 Å². The van der Waals surface area contributed by atoms with Crippen LogP contribution in [-0.2, 0) is 0 Å². The van der Waals surface area contributed by atoms with Crippen molar-refractivity contribution < 1.29 is 5.11 Å². The van der Waals surface area contributed by atoms with Crippen molar-refractivity contribution >= 4 is 11.6 Å². The van der Waals surface area contributed by atoms with E-state index in [1.54, 1.807) is 6.92 Å². The third-order valence-corrected chi connectivity index (χ3v) is 2.88. The number of nitrogen functional groups attached to an aromatic ring is 1. The van der Waals surface area contributed by atoms with Crippen molar-refractivity contribution in [3.05, 3.63) is 11.4 Å². The normalized spacial score (nSPS) is 11.6. The Balaban J connectivity index is 3.23. The molecule has 1 rings (SSSR count). The van der Waals surface area contributed by atoms with Crippen LogP contribution in [0.2, 0.25) is 0 Å². The van der Waals surface area contributed by atoms with Gasteiger partial charge in [0.1, 0.15) is 17.5 Å². The molecule has 0 aromatic carbocycles. The molecular formula is C11H20N4O. The van der Waals surface area contributed by atoms with E-state index in [9.17, 15) is 5.11 Å². The molecule has 0 aliphatic rings. The summed E-state index contributed by atoms with van der Waals surface area (Å²) in [5.74, 6) is 1.89. The molecule has 1 aromatic rings. The predicted molar refractivity (Wildman–Crippen MR) is 65.5 cm³/mol. The van der Waals surface area contributed by atoms with Crippen LogP contribution in [0.25, 0.3) is 0 Å². The maximum atomic E-state index is 9.34. The fraction of sp³-hybridized carbons (Fsp3) is 0.636. The van der Waals surface area contributed by atoms with Gasteiger partial charge in [-0.05, 0) is 27.7 Å². The van der Waals surface area contributed by atoms with Gasteiger partial charge in [0.25, 0.3) is 0 Å². The van der Waals surface area contributed by atoms with E-state index in [4.69, 9.17) is 5.73 Å². The number of nitrogens with two attached hydrogens (primary N) is 1. The molecular weight excluding hydrogens is 204 g/mol. The standard InChI is InChI=1S/C11H20N4O/c1-7-9(12)13-8(2)14-10(7)15(5)11(3,4)6-16/h16H,6H2,1-5H3,(H2,12,13,14). The van der Waals surface area contributed by atoms with Crippen LogP contribution in [0, 0.1) is 13.8 Å². The predicted octanol–water partition coefficient (Wildman–Crippen LogP) is 0.883. The number of hydrogen-bond donors (Lipinski definition) is 2. The van der Waals surface area contributed by atoms with Crippen LogP contribution in [0.5, 0.6) is 0 Å². The minimum absolute atomic E-state index is 0.0475. The number of hydrogen-bond acceptors (Lipinski definition) is 5. The average molecular weight is 224 g/mol. The number of aliphatic hydroxyl groups is 1. The molecule has 0 amide bonds. The van der Waals surface area contributed by atoms with Crippen molar-refractivity contribution in [2.24, 2.45) is 0 Å². The molecule has 0 spiro atoms. The summed E-state index contributed by atoms with van der Waals surface area (Å²) in [5.41, 5.74) is 6.27. The fourth-order valence-corrected chi connectivity index (χ4v) is 1.35. The Bertz CT molecular complexity index is 390. The molecule has 0 aliphatic carbocycles. The Morgan fingerprint density at radius 2 is 1.88 bits per heavy atom. The summed E-state index contributed by atoms with van der Waals surface area (Å²) in [5, 5.41) is 9.34. The summed E-state index contributed by atoms with van der Waals surface area (Å²) in [6.45, 7) is 7.62. The van der Waals surface area contributed by atoms with E-state index in [0.717, 1.165) is 11.4 Å². The van der Waals surface area contributed by atoms with Gasteiger partial charge in [-0.1, -0.05) is 0 Å². The Hall–Kier alpha value is -1.36. The summed E-state index contributed by atoms with van der Waals surface area (Å²) in [4.78, 5) is 10.4. The zero-order valence-corrected chi connectivity index (χ0v) is 10.6. The van der Waals surface area contributed by atoms with Crippen LogP contribution in [0.1, 0.15) is 25.2 Å². The highest BCUT2D eigenvalue weighted by Crippen LogP contribution is 2.25. The van der Waals surface area contributed by atoms with Crippen LogP contribution in [-0.4, -0.2) is 34.3 Å². The molecule has 0 radical (unpaired) electrons. The van der Waals surface area contributed by atoms with Gasteiger partial charge in [0.2, 0.25) is 0 Å². The highest BCUT2D eigenvalue weighted by molar-refractivity contribution is 5.57. The number of aliphatic hydroxyl groups excluding tert-OH is 1. The number of rotatable bonds is 3. The monoisotopic (exact) mass is 224 g/mol. The van der Waals surface area contributed by atoms with Crippen molar-refractivity contribution in [1.29, 1.82) is 0 Å². The molecule has 0 saturated heterocycles. The molecule has 16 heavy (non-hydrogen) atoms. The summed E-state index contributed by atoms with van der Waals surface area (Å²) in [6.07, 6.45) is 0. The zero-order valence-electron chi connectivity index (χ0n) is 10.6. The lowest BCUT2D eigenvalue weighted by Crippen LogP contribution is -2.45. The number of likely N-dealkylation sites (N-methyl/N-ethyl adjacent to an activating group) is 1. The average Bonchev–Trinajstić information content (AvgIpc) is 2.22. The highest BCUT2D eigenvalue weighted by atomic mass is 16.3. The molecule has 0 fully saturated rings. The van der Waals surface area contributed by atoms with E-state index < -0.39 is 0 Å². The number of aryl methyl sites for hydroxylation is 1. The lowest BCUT2D eigenvalue weighted by atomic mass is 10.0. The Kier molecular flexibility index (Phi) is 3.38. The number of nitrogens with zero attached hydrogens (tertiary/aromatic N) is 3. The smallest absolute Gasteiger partial charge is 0.137 e. The van der Waals surface area contributed by atoms with Gasteiger partial charge < -0.3 is 15.7 Å². The Morgan fingerprint density at radius 3 is 2.38 bits per heavy atom. The molecule has 5 heteroatoms. The van der Waals surface area contributed by atoms with Gasteiger partial charge in [-0.2, -0.15) is 0 Å². The van der Waals surface area contributed by atoms with Gasteiger partial charge in [0.15, 0.2) is 0 Å². The lowest BCUT2D eigenvalue weighted by molar-refractivity contribution is 0.215. The van der Waals surface area contributed by atoms with Crippen LogP contribution < -0.4 is 10.6 Å². The summed E-state index contributed by atoms with van der Waals surface area (Å²) < 4.78 is 0. The minimum atomic E-state index is -0.377. The zero-order chi connectivity index (χ0) is 12.5. The van der Waals surface area contributed by atoms with Crippen molar-refractivity contribution in [2.75, 3.05) is 24.3 Å². The second-order valence-corrected chi connectivity index (χ2v) is 4.63. The van der Waals surface area contributed by atoms with Crippen molar-refractivity contribution in [3.63, 3.8) is 0 Å². The van der Waals surface area contributed by atoms with Crippen LogP contribution in [0.3, 0.4) is 0 Å². The van der Waals surface area contributed by atoms with Gasteiger partial charge in [-0.25, -0.2) is 9.97 Å². The van der Waals surface area contributed by atoms with E-state index in [0.29, 0.717) is 11.6 Å². The van der Waals surface area contributed by atoms with Crippen LogP contribution in [0.4, 0.5) is 11.6 Å². The first-order chi connectivity index (χ1) is 7.29. The van der Waals surface area contributed by atoms with E-state index in [2.05, 4.69) is 9.97 Å². The molecule has 0 aliphatic heterocycles. The number of aromatic nitrogens is 2. The first-order valence-electron chi connectivity index (χ1n) is 5.25. The summed E-state index contributed by atoms with van der Waals surface area (Å²) in [6, 6.07) is 0. The van der Waals surface area contributed by atoms with Gasteiger partial charge >= 0.3 is 0 Å². The van der Waals surface area contributed by atoms with Crippen molar-refractivity contribution in [1.82, 2.24) is 9.97 Å². The molecule has 3 N–H and O–H groups in total. The molecule has 0 unspecified atom stereocenters. The van der Waals surface area contributed by atoms with E-state index in [1.807, 2.05) is 32.7 Å². The van der Waals surface area contributed by atoms with Gasteiger partial charge in [-0.3, -0.25) is 0 Å². The lowest BCUT2D eigenvalue weighted by Gasteiger charge is -2.35. The SMILES string of the molecule is Cc1nc(N)c(C)c(N(C)C(C)(C)CO)n1. The fourth-order valence-electron chi connectivity index (χ4n) is 1.35. The van der Waals surface area contributed by atoms with E-state index >= 15 is 0 Å².